The topological polar surface area (TPSA) is 67.2 Å². The summed E-state index contributed by atoms with van der Waals surface area (Å²) in [4.78, 5) is 27.0. The summed E-state index contributed by atoms with van der Waals surface area (Å²) >= 11 is 6.24. The first-order valence-electron chi connectivity index (χ1n) is 9.34. The van der Waals surface area contributed by atoms with Crippen LogP contribution in [0.4, 0.5) is 4.39 Å². The minimum absolute atomic E-state index is 0.177. The number of likely N-dealkylation sites (N-methyl/N-ethyl adjacent to an activating group) is 1. The Morgan fingerprint density at radius 1 is 1.20 bits per heavy atom. The van der Waals surface area contributed by atoms with E-state index in [1.165, 1.54) is 22.9 Å². The number of amides is 1. The molecule has 0 spiro atoms. The largest absolute Gasteiger partial charge is 0.349 e. The van der Waals surface area contributed by atoms with Crippen LogP contribution in [0.5, 0.6) is 0 Å². The highest BCUT2D eigenvalue weighted by Crippen LogP contribution is 2.20. The van der Waals surface area contributed by atoms with Gasteiger partial charge in [-0.3, -0.25) is 9.59 Å². The molecule has 6 nitrogen and oxygen atoms in total. The van der Waals surface area contributed by atoms with Crippen LogP contribution in [0.2, 0.25) is 5.02 Å². The van der Waals surface area contributed by atoms with Crippen LogP contribution in [-0.4, -0.2) is 41.2 Å². The first kappa shape index (κ1) is 21.7. The van der Waals surface area contributed by atoms with Gasteiger partial charge in [0.25, 0.3) is 5.91 Å². The lowest BCUT2D eigenvalue weighted by molar-refractivity contribution is 0.0934. The third-order valence-corrected chi connectivity index (χ3v) is 5.04. The van der Waals surface area contributed by atoms with E-state index in [2.05, 4.69) is 10.4 Å². The van der Waals surface area contributed by atoms with Gasteiger partial charge in [0.1, 0.15) is 5.82 Å². The third kappa shape index (κ3) is 4.75. The van der Waals surface area contributed by atoms with E-state index in [9.17, 15) is 14.0 Å². The standard InChI is InChI=1S/C22H22ClFN4O2/c1-14-11-20(29)21(26-28(14)18-10-5-4-9-17(18)23)22(30)25-13-19(27(2)3)15-7-6-8-16(24)12-15/h4-12,19H,13H2,1-3H3,(H,25,30)/t19-/m1/s1. The fourth-order valence-corrected chi connectivity index (χ4v) is 3.37. The van der Waals surface area contributed by atoms with Crippen LogP contribution < -0.4 is 10.7 Å². The number of benzene rings is 2. The van der Waals surface area contributed by atoms with Gasteiger partial charge in [-0.1, -0.05) is 35.9 Å². The first-order valence-corrected chi connectivity index (χ1v) is 9.71. The van der Waals surface area contributed by atoms with E-state index in [0.717, 1.165) is 0 Å². The molecule has 1 N–H and O–H groups in total. The highest BCUT2D eigenvalue weighted by atomic mass is 35.5. The van der Waals surface area contributed by atoms with Crippen LogP contribution in [0.3, 0.4) is 0 Å². The van der Waals surface area contributed by atoms with Gasteiger partial charge in [-0.25, -0.2) is 9.07 Å². The Morgan fingerprint density at radius 2 is 1.93 bits per heavy atom. The molecule has 0 radical (unpaired) electrons. The molecule has 0 saturated heterocycles. The van der Waals surface area contributed by atoms with E-state index in [-0.39, 0.29) is 24.1 Å². The number of aromatic nitrogens is 2. The summed E-state index contributed by atoms with van der Waals surface area (Å²) in [6.07, 6.45) is 0. The van der Waals surface area contributed by atoms with Crippen molar-refractivity contribution in [1.29, 1.82) is 0 Å². The minimum atomic E-state index is -0.607. The van der Waals surface area contributed by atoms with Crippen molar-refractivity contribution >= 4 is 17.5 Å². The second kappa shape index (κ2) is 9.19. The van der Waals surface area contributed by atoms with Crippen LogP contribution in [0.15, 0.2) is 59.4 Å². The van der Waals surface area contributed by atoms with Crippen LogP contribution in [0.25, 0.3) is 5.69 Å². The number of nitrogens with zero attached hydrogens (tertiary/aromatic N) is 3. The van der Waals surface area contributed by atoms with Crippen molar-refractivity contribution in [2.45, 2.75) is 13.0 Å². The molecule has 2 aromatic carbocycles. The lowest BCUT2D eigenvalue weighted by Gasteiger charge is -2.25. The van der Waals surface area contributed by atoms with Crippen molar-refractivity contribution in [1.82, 2.24) is 20.0 Å². The molecular weight excluding hydrogens is 407 g/mol. The van der Waals surface area contributed by atoms with Crippen LogP contribution in [-0.2, 0) is 0 Å². The molecule has 1 aromatic heterocycles. The third-order valence-electron chi connectivity index (χ3n) is 4.72. The molecule has 1 atom stereocenters. The average molecular weight is 429 g/mol. The van der Waals surface area contributed by atoms with Gasteiger partial charge in [0.2, 0.25) is 5.43 Å². The summed E-state index contributed by atoms with van der Waals surface area (Å²) in [5.41, 5.74) is 1.11. The maximum Gasteiger partial charge on any atom is 0.275 e. The van der Waals surface area contributed by atoms with Gasteiger partial charge in [0.15, 0.2) is 5.69 Å². The fraction of sp³-hybridized carbons (Fsp3) is 0.227. The van der Waals surface area contributed by atoms with Crippen LogP contribution in [0.1, 0.15) is 27.8 Å². The lowest BCUT2D eigenvalue weighted by Crippen LogP contribution is -2.37. The predicted octanol–water partition coefficient (Wildman–Crippen LogP) is 3.37. The minimum Gasteiger partial charge on any atom is -0.349 e. The van der Waals surface area contributed by atoms with Crippen molar-refractivity contribution in [2.75, 3.05) is 20.6 Å². The smallest absolute Gasteiger partial charge is 0.275 e. The number of hydrogen-bond acceptors (Lipinski definition) is 4. The van der Waals surface area contributed by atoms with Gasteiger partial charge in [0, 0.05) is 18.3 Å². The van der Waals surface area contributed by atoms with Gasteiger partial charge >= 0.3 is 0 Å². The van der Waals surface area contributed by atoms with E-state index < -0.39 is 11.3 Å². The SMILES string of the molecule is Cc1cc(=O)c(C(=O)NC[C@H](c2cccc(F)c2)N(C)C)nn1-c1ccccc1Cl. The molecule has 1 amide bonds. The van der Waals surface area contributed by atoms with Crippen LogP contribution >= 0.6 is 11.6 Å². The average Bonchev–Trinajstić information content (AvgIpc) is 2.69. The summed E-state index contributed by atoms with van der Waals surface area (Å²) in [6, 6.07) is 14.3. The Morgan fingerprint density at radius 3 is 2.60 bits per heavy atom. The van der Waals surface area contributed by atoms with Crippen molar-refractivity contribution in [3.63, 3.8) is 0 Å². The molecule has 30 heavy (non-hydrogen) atoms. The normalized spacial score (nSPS) is 12.1. The van der Waals surface area contributed by atoms with E-state index in [0.29, 0.717) is 22.0 Å². The molecule has 0 unspecified atom stereocenters. The number of rotatable bonds is 6. The van der Waals surface area contributed by atoms with Gasteiger partial charge in [-0.05, 0) is 50.8 Å². The second-order valence-electron chi connectivity index (χ2n) is 7.11. The Balaban J connectivity index is 1.87. The van der Waals surface area contributed by atoms with E-state index in [4.69, 9.17) is 11.6 Å². The molecule has 0 aliphatic carbocycles. The Kier molecular flexibility index (Phi) is 6.64. The number of hydrogen-bond donors (Lipinski definition) is 1. The van der Waals surface area contributed by atoms with E-state index in [1.54, 1.807) is 43.3 Å². The molecule has 0 saturated carbocycles. The van der Waals surface area contributed by atoms with Gasteiger partial charge in [0.05, 0.1) is 16.8 Å². The molecule has 156 valence electrons. The van der Waals surface area contributed by atoms with Gasteiger partial charge in [-0.2, -0.15) is 5.10 Å². The highest BCUT2D eigenvalue weighted by molar-refractivity contribution is 6.32. The monoisotopic (exact) mass is 428 g/mol. The number of para-hydroxylation sites is 1. The van der Waals surface area contributed by atoms with Crippen LogP contribution in [0, 0.1) is 12.7 Å². The fourth-order valence-electron chi connectivity index (χ4n) is 3.16. The molecule has 8 heteroatoms. The van der Waals surface area contributed by atoms with Crippen molar-refractivity contribution in [3.8, 4) is 5.69 Å². The van der Waals surface area contributed by atoms with Crippen molar-refractivity contribution in [3.05, 3.63) is 92.6 Å². The summed E-state index contributed by atoms with van der Waals surface area (Å²) in [5.74, 6) is -0.961. The molecule has 1 heterocycles. The summed E-state index contributed by atoms with van der Waals surface area (Å²) in [7, 11) is 3.66. The summed E-state index contributed by atoms with van der Waals surface area (Å²) in [5, 5.41) is 7.43. The first-order chi connectivity index (χ1) is 14.3. The lowest BCUT2D eigenvalue weighted by atomic mass is 10.1. The number of nitrogens with one attached hydrogen (secondary N) is 1. The van der Waals surface area contributed by atoms with Crippen molar-refractivity contribution < 1.29 is 9.18 Å². The molecule has 3 rings (SSSR count). The maximum absolute atomic E-state index is 13.6. The molecule has 0 bridgehead atoms. The van der Waals surface area contributed by atoms with E-state index >= 15 is 0 Å². The molecular formula is C22H22ClFN4O2. The maximum atomic E-state index is 13.6. The number of aryl methyl sites for hydroxylation is 1. The summed E-state index contributed by atoms with van der Waals surface area (Å²) < 4.78 is 15.1. The molecule has 0 aliphatic heterocycles. The quantitative estimate of drug-likeness (QED) is 0.653. The Hall–Kier alpha value is -3.03. The molecule has 0 aliphatic rings. The molecule has 0 fully saturated rings. The Bertz CT molecular complexity index is 1130. The number of carbonyl (C=O) groups is 1. The summed E-state index contributed by atoms with van der Waals surface area (Å²) in [6.45, 7) is 1.89. The zero-order valence-electron chi connectivity index (χ0n) is 16.9. The second-order valence-corrected chi connectivity index (χ2v) is 7.51. The zero-order valence-corrected chi connectivity index (χ0v) is 17.7. The van der Waals surface area contributed by atoms with Gasteiger partial charge < -0.3 is 10.2 Å². The molecule has 3 aromatic rings. The zero-order chi connectivity index (χ0) is 21.8. The number of halogens is 2. The predicted molar refractivity (Wildman–Crippen MR) is 115 cm³/mol. The van der Waals surface area contributed by atoms with E-state index in [1.807, 2.05) is 19.0 Å². The highest BCUT2D eigenvalue weighted by Gasteiger charge is 2.20. The Labute approximate surface area is 178 Å². The van der Waals surface area contributed by atoms with Crippen molar-refractivity contribution in [2.24, 2.45) is 0 Å². The number of carbonyl (C=O) groups excluding carboxylic acids is 1. The van der Waals surface area contributed by atoms with Gasteiger partial charge in [-0.15, -0.1) is 0 Å².